The zero-order valence-corrected chi connectivity index (χ0v) is 34.4. The summed E-state index contributed by atoms with van der Waals surface area (Å²) < 4.78 is 34.8. The highest BCUT2D eigenvalue weighted by Gasteiger charge is 2.26. The second-order valence-electron chi connectivity index (χ2n) is 15.5. The molecule has 0 saturated carbocycles. The normalized spacial score (nSPS) is 11.5. The number of hydrogen-bond acceptors (Lipinski definition) is 9. The Balaban J connectivity index is 1.24. The third-order valence-corrected chi connectivity index (χ3v) is 11.7. The Morgan fingerprint density at radius 3 is 1.08 bits per heavy atom. The molecular formula is C53H29F2N11. The summed E-state index contributed by atoms with van der Waals surface area (Å²) in [5.41, 5.74) is 7.65. The molecule has 0 fully saturated rings. The smallest absolute Gasteiger partial charge is 0.159 e. The van der Waals surface area contributed by atoms with Gasteiger partial charge in [0, 0.05) is 105 Å². The highest BCUT2D eigenvalue weighted by molar-refractivity contribution is 6.13. The fourth-order valence-electron chi connectivity index (χ4n) is 8.94. The molecule has 0 spiro atoms. The maximum absolute atomic E-state index is 15.4. The monoisotopic (exact) mass is 857 g/mol. The van der Waals surface area contributed by atoms with Crippen LogP contribution in [-0.4, -0.2) is 49.0 Å². The number of hydrogen-bond donors (Lipinski definition) is 0. The average Bonchev–Trinajstić information content (AvgIpc) is 3.87. The maximum Gasteiger partial charge on any atom is 0.159 e. The van der Waals surface area contributed by atoms with Crippen molar-refractivity contribution in [3.63, 3.8) is 0 Å². The van der Waals surface area contributed by atoms with Gasteiger partial charge in [0.15, 0.2) is 23.3 Å². The van der Waals surface area contributed by atoms with Crippen LogP contribution in [0, 0.1) is 23.0 Å². The average molecular weight is 858 g/mol. The van der Waals surface area contributed by atoms with Crippen LogP contribution < -0.4 is 0 Å². The number of fused-ring (bicyclic) bond motifs is 6. The first-order chi connectivity index (χ1) is 32.5. The molecular weight excluding hydrogens is 829 g/mol. The van der Waals surface area contributed by atoms with Crippen LogP contribution in [0.15, 0.2) is 177 Å². The molecule has 0 amide bonds. The summed E-state index contributed by atoms with van der Waals surface area (Å²) in [5.74, 6) is 0.528. The molecule has 12 rings (SSSR count). The minimum Gasteiger partial charge on any atom is -0.308 e. The Morgan fingerprint density at radius 1 is 0.379 bits per heavy atom. The first kappa shape index (κ1) is 38.3. The van der Waals surface area contributed by atoms with Crippen molar-refractivity contribution in [2.75, 3.05) is 0 Å². The molecule has 0 aliphatic rings. The molecule has 66 heavy (non-hydrogen) atoms. The fraction of sp³-hybridized carbons (Fsp3) is 0. The predicted octanol–water partition coefficient (Wildman–Crippen LogP) is 11.5. The van der Waals surface area contributed by atoms with Crippen molar-refractivity contribution < 1.29 is 8.78 Å². The van der Waals surface area contributed by atoms with Crippen LogP contribution in [0.1, 0.15) is 5.56 Å². The number of nitriles is 1. The lowest BCUT2D eigenvalue weighted by Gasteiger charge is -2.20. The molecule has 6 heterocycles. The molecule has 6 aromatic carbocycles. The highest BCUT2D eigenvalue weighted by atomic mass is 19.1. The number of rotatable bonds is 7. The first-order valence-electron chi connectivity index (χ1n) is 20.8. The molecule has 13 heteroatoms. The van der Waals surface area contributed by atoms with E-state index in [1.165, 1.54) is 12.1 Å². The van der Waals surface area contributed by atoms with Crippen molar-refractivity contribution in [3.8, 4) is 74.1 Å². The van der Waals surface area contributed by atoms with Crippen LogP contribution in [-0.2, 0) is 0 Å². The molecule has 0 unspecified atom stereocenters. The van der Waals surface area contributed by atoms with E-state index < -0.39 is 11.6 Å². The lowest BCUT2D eigenvalue weighted by Crippen LogP contribution is -2.07. The largest absolute Gasteiger partial charge is 0.308 e. The van der Waals surface area contributed by atoms with Crippen molar-refractivity contribution >= 4 is 43.6 Å². The standard InChI is InChI=1S/C53H29F2N11/c54-36-23-35(24-37(55)29-36)38-13-14-44(65-45-25-31(50-57-15-1-16-58-50)5-9-39(45)40-10-6-32(26-46(40)65)51-59-17-2-18-60-51)43(30-56)49(38)66-47-27-33(52-61-19-3-20-62-52)7-11-41(47)42-12-8-34(28-48(42)66)53-63-21-4-22-64-53/h1-29H. The van der Waals surface area contributed by atoms with Gasteiger partial charge in [-0.25, -0.2) is 48.7 Å². The fourth-order valence-corrected chi connectivity index (χ4v) is 8.94. The third kappa shape index (κ3) is 6.31. The summed E-state index contributed by atoms with van der Waals surface area (Å²) >= 11 is 0. The molecule has 11 nitrogen and oxygen atoms in total. The summed E-state index contributed by atoms with van der Waals surface area (Å²) in [7, 11) is 0. The van der Waals surface area contributed by atoms with Gasteiger partial charge >= 0.3 is 0 Å². The zero-order chi connectivity index (χ0) is 44.3. The van der Waals surface area contributed by atoms with Crippen LogP contribution in [0.25, 0.3) is 112 Å². The predicted molar refractivity (Wildman–Crippen MR) is 249 cm³/mol. The Labute approximate surface area is 373 Å². The van der Waals surface area contributed by atoms with E-state index in [1.807, 2.05) is 94.1 Å². The van der Waals surface area contributed by atoms with E-state index in [4.69, 9.17) is 0 Å². The Kier molecular flexibility index (Phi) is 8.95. The van der Waals surface area contributed by atoms with Gasteiger partial charge in [-0.2, -0.15) is 5.26 Å². The molecule has 310 valence electrons. The minimum atomic E-state index is -0.763. The van der Waals surface area contributed by atoms with Gasteiger partial charge in [0.2, 0.25) is 0 Å². The summed E-state index contributed by atoms with van der Waals surface area (Å²) in [6.07, 6.45) is 13.5. The maximum atomic E-state index is 15.4. The van der Waals surface area contributed by atoms with Crippen LogP contribution in [0.3, 0.4) is 0 Å². The van der Waals surface area contributed by atoms with Gasteiger partial charge in [-0.05, 0) is 72.3 Å². The Hall–Kier alpha value is -9.41. The van der Waals surface area contributed by atoms with Gasteiger partial charge in [-0.15, -0.1) is 0 Å². The molecule has 0 aliphatic carbocycles. The number of halogens is 2. The van der Waals surface area contributed by atoms with Crippen molar-refractivity contribution in [2.24, 2.45) is 0 Å². The van der Waals surface area contributed by atoms with Crippen molar-refractivity contribution in [1.29, 1.82) is 5.26 Å². The summed E-state index contributed by atoms with van der Waals surface area (Å²) in [6.45, 7) is 0. The van der Waals surface area contributed by atoms with Crippen LogP contribution in [0.5, 0.6) is 0 Å². The lowest BCUT2D eigenvalue weighted by molar-refractivity contribution is 0.584. The van der Waals surface area contributed by atoms with Gasteiger partial charge in [0.05, 0.1) is 33.4 Å². The van der Waals surface area contributed by atoms with E-state index in [0.717, 1.165) is 60.9 Å². The van der Waals surface area contributed by atoms with Crippen LogP contribution >= 0.6 is 0 Å². The molecule has 0 radical (unpaired) electrons. The Bertz CT molecular complexity index is 3690. The first-order valence-corrected chi connectivity index (χ1v) is 20.8. The van der Waals surface area contributed by atoms with Gasteiger partial charge in [0.25, 0.3) is 0 Å². The molecule has 0 N–H and O–H groups in total. The number of benzene rings is 6. The SMILES string of the molecule is N#Cc1c(-n2c3cc(-c4ncccn4)ccc3c3ccc(-c4ncccn4)cc32)ccc(-c2cc(F)cc(F)c2)c1-n1c2cc(-c3ncccn3)ccc2c2ccc(-c3ncccn3)cc21. The number of aromatic nitrogens is 10. The van der Waals surface area contributed by atoms with Crippen molar-refractivity contribution in [1.82, 2.24) is 49.0 Å². The molecule has 0 atom stereocenters. The molecule has 0 saturated heterocycles. The van der Waals surface area contributed by atoms with E-state index >= 15 is 8.78 Å². The summed E-state index contributed by atoms with van der Waals surface area (Å²) in [6, 6.07) is 40.6. The van der Waals surface area contributed by atoms with Crippen molar-refractivity contribution in [3.05, 3.63) is 194 Å². The quantitative estimate of drug-likeness (QED) is 0.153. The second-order valence-corrected chi connectivity index (χ2v) is 15.5. The molecule has 0 aliphatic heterocycles. The molecule has 12 aromatic rings. The van der Waals surface area contributed by atoms with Crippen molar-refractivity contribution in [2.45, 2.75) is 0 Å². The van der Waals surface area contributed by atoms with Gasteiger partial charge in [0.1, 0.15) is 23.3 Å². The minimum absolute atomic E-state index is 0.222. The van der Waals surface area contributed by atoms with Gasteiger partial charge < -0.3 is 9.13 Å². The molecule has 0 bridgehead atoms. The third-order valence-electron chi connectivity index (χ3n) is 11.7. The number of nitrogens with zero attached hydrogens (tertiary/aromatic N) is 11. The molecule has 6 aromatic heterocycles. The van der Waals surface area contributed by atoms with Crippen LogP contribution in [0.2, 0.25) is 0 Å². The van der Waals surface area contributed by atoms with E-state index in [2.05, 4.69) is 45.9 Å². The van der Waals surface area contributed by atoms with Crippen LogP contribution in [0.4, 0.5) is 8.78 Å². The van der Waals surface area contributed by atoms with Gasteiger partial charge in [-0.3, -0.25) is 0 Å². The van der Waals surface area contributed by atoms with Gasteiger partial charge in [-0.1, -0.05) is 54.6 Å². The summed E-state index contributed by atoms with van der Waals surface area (Å²) in [5, 5.41) is 15.3. The van der Waals surface area contributed by atoms with E-state index in [1.54, 1.807) is 73.8 Å². The summed E-state index contributed by atoms with van der Waals surface area (Å²) in [4.78, 5) is 36.4. The zero-order valence-electron chi connectivity index (χ0n) is 34.4. The van der Waals surface area contributed by atoms with E-state index in [9.17, 15) is 5.26 Å². The highest BCUT2D eigenvalue weighted by Crippen LogP contribution is 2.44. The lowest BCUT2D eigenvalue weighted by atomic mass is 9.97. The Morgan fingerprint density at radius 2 is 0.727 bits per heavy atom. The second kappa shape index (κ2) is 15.4. The van der Waals surface area contributed by atoms with E-state index in [0.29, 0.717) is 51.3 Å². The van der Waals surface area contributed by atoms with E-state index in [-0.39, 0.29) is 11.1 Å². The topological polar surface area (TPSA) is 137 Å².